The molecule has 1 aromatic carbocycles. The van der Waals surface area contributed by atoms with Gasteiger partial charge in [0.15, 0.2) is 5.16 Å². The Balaban J connectivity index is 1.70. The van der Waals surface area contributed by atoms with E-state index in [0.29, 0.717) is 17.4 Å². The van der Waals surface area contributed by atoms with Crippen LogP contribution in [0.5, 0.6) is 5.75 Å². The van der Waals surface area contributed by atoms with Gasteiger partial charge < -0.3 is 4.74 Å². The summed E-state index contributed by atoms with van der Waals surface area (Å²) in [6.07, 6.45) is 5.02. The molecule has 0 atom stereocenters. The zero-order valence-electron chi connectivity index (χ0n) is 11.6. The maximum absolute atomic E-state index is 6.08. The van der Waals surface area contributed by atoms with Gasteiger partial charge in [-0.3, -0.25) is 10.1 Å². The SMILES string of the molecule is Clc1ccc(OCc2cccnc2)c(CSc2ncn[nH]2)c1. The van der Waals surface area contributed by atoms with E-state index in [1.54, 1.807) is 24.2 Å². The quantitative estimate of drug-likeness (QED) is 0.697. The second kappa shape index (κ2) is 7.29. The lowest BCUT2D eigenvalue weighted by Gasteiger charge is -2.11. The molecule has 0 aliphatic carbocycles. The first-order valence-corrected chi connectivity index (χ1v) is 7.96. The van der Waals surface area contributed by atoms with Crippen molar-refractivity contribution in [3.05, 3.63) is 65.2 Å². The van der Waals surface area contributed by atoms with Crippen LogP contribution in [0.1, 0.15) is 11.1 Å². The van der Waals surface area contributed by atoms with Crippen molar-refractivity contribution < 1.29 is 4.74 Å². The van der Waals surface area contributed by atoms with E-state index in [9.17, 15) is 0 Å². The molecule has 0 unspecified atom stereocenters. The van der Waals surface area contributed by atoms with Crippen LogP contribution in [0.25, 0.3) is 0 Å². The number of hydrogen-bond donors (Lipinski definition) is 1. The van der Waals surface area contributed by atoms with E-state index in [4.69, 9.17) is 16.3 Å². The van der Waals surface area contributed by atoms with E-state index in [1.165, 1.54) is 6.33 Å². The minimum atomic E-state index is 0.468. The number of rotatable bonds is 6. The standard InChI is InChI=1S/C15H13ClN4OS/c16-13-3-4-14(21-8-11-2-1-5-17-7-11)12(6-13)9-22-15-18-10-19-20-15/h1-7,10H,8-9H2,(H,18,19,20). The summed E-state index contributed by atoms with van der Waals surface area (Å²) in [5.74, 6) is 1.50. The molecule has 112 valence electrons. The molecule has 7 heteroatoms. The van der Waals surface area contributed by atoms with Crippen molar-refractivity contribution in [1.82, 2.24) is 20.2 Å². The van der Waals surface area contributed by atoms with Gasteiger partial charge in [-0.05, 0) is 24.3 Å². The van der Waals surface area contributed by atoms with Crippen molar-refractivity contribution in [2.75, 3.05) is 0 Å². The second-order valence-electron chi connectivity index (χ2n) is 4.48. The highest BCUT2D eigenvalue weighted by molar-refractivity contribution is 7.98. The van der Waals surface area contributed by atoms with Crippen molar-refractivity contribution in [2.45, 2.75) is 17.5 Å². The molecule has 5 nitrogen and oxygen atoms in total. The van der Waals surface area contributed by atoms with Crippen LogP contribution >= 0.6 is 23.4 Å². The second-order valence-corrected chi connectivity index (χ2v) is 5.88. The maximum Gasteiger partial charge on any atom is 0.183 e. The molecule has 0 radical (unpaired) electrons. The normalized spacial score (nSPS) is 10.6. The molecule has 0 amide bonds. The Morgan fingerprint density at radius 3 is 3.00 bits per heavy atom. The summed E-state index contributed by atoms with van der Waals surface area (Å²) in [4.78, 5) is 8.17. The third-order valence-corrected chi connectivity index (χ3v) is 4.06. The number of H-pyrrole nitrogens is 1. The van der Waals surface area contributed by atoms with Crippen LogP contribution in [-0.2, 0) is 12.4 Å². The van der Waals surface area contributed by atoms with E-state index >= 15 is 0 Å². The predicted molar refractivity (Wildman–Crippen MR) is 86.0 cm³/mol. The number of pyridine rings is 1. The summed E-state index contributed by atoms with van der Waals surface area (Å²) in [5, 5.41) is 8.09. The lowest BCUT2D eigenvalue weighted by Crippen LogP contribution is -1.98. The molecule has 0 aliphatic rings. The van der Waals surface area contributed by atoms with Crippen LogP contribution < -0.4 is 4.74 Å². The zero-order chi connectivity index (χ0) is 15.2. The topological polar surface area (TPSA) is 63.7 Å². The summed E-state index contributed by atoms with van der Waals surface area (Å²) in [5.41, 5.74) is 2.03. The molecule has 0 saturated carbocycles. The van der Waals surface area contributed by atoms with Gasteiger partial charge in [0.05, 0.1) is 0 Å². The summed E-state index contributed by atoms with van der Waals surface area (Å²) in [6, 6.07) is 9.48. The van der Waals surface area contributed by atoms with Gasteiger partial charge in [-0.2, -0.15) is 5.10 Å². The number of benzene rings is 1. The Labute approximate surface area is 137 Å². The van der Waals surface area contributed by atoms with Crippen LogP contribution in [0.4, 0.5) is 0 Å². The van der Waals surface area contributed by atoms with E-state index in [-0.39, 0.29) is 0 Å². The Bertz CT molecular complexity index is 722. The maximum atomic E-state index is 6.08. The number of hydrogen-bond acceptors (Lipinski definition) is 5. The van der Waals surface area contributed by atoms with Crippen LogP contribution in [0, 0.1) is 0 Å². The fourth-order valence-corrected chi connectivity index (χ4v) is 2.81. The van der Waals surface area contributed by atoms with Gasteiger partial charge in [-0.25, -0.2) is 4.98 Å². The van der Waals surface area contributed by atoms with Crippen molar-refractivity contribution in [3.8, 4) is 5.75 Å². The van der Waals surface area contributed by atoms with Crippen LogP contribution in [0.2, 0.25) is 5.02 Å². The fourth-order valence-electron chi connectivity index (χ4n) is 1.86. The minimum absolute atomic E-state index is 0.468. The van der Waals surface area contributed by atoms with Gasteiger partial charge >= 0.3 is 0 Å². The van der Waals surface area contributed by atoms with Crippen molar-refractivity contribution >= 4 is 23.4 Å². The van der Waals surface area contributed by atoms with Crippen LogP contribution in [0.3, 0.4) is 0 Å². The van der Waals surface area contributed by atoms with E-state index in [2.05, 4.69) is 20.2 Å². The summed E-state index contributed by atoms with van der Waals surface area (Å²) in [6.45, 7) is 0.468. The fraction of sp³-hybridized carbons (Fsp3) is 0.133. The first-order chi connectivity index (χ1) is 10.8. The van der Waals surface area contributed by atoms with E-state index < -0.39 is 0 Å². The molecule has 2 aromatic heterocycles. The Morgan fingerprint density at radius 1 is 1.27 bits per heavy atom. The highest BCUT2D eigenvalue weighted by atomic mass is 35.5. The smallest absolute Gasteiger partial charge is 0.183 e. The van der Waals surface area contributed by atoms with Gasteiger partial charge in [-0.1, -0.05) is 29.4 Å². The molecule has 0 aliphatic heterocycles. The van der Waals surface area contributed by atoms with Gasteiger partial charge in [-0.15, -0.1) is 0 Å². The van der Waals surface area contributed by atoms with Gasteiger partial charge in [0.25, 0.3) is 0 Å². The first-order valence-electron chi connectivity index (χ1n) is 6.59. The zero-order valence-corrected chi connectivity index (χ0v) is 13.1. The van der Waals surface area contributed by atoms with Gasteiger partial charge in [0.2, 0.25) is 0 Å². The number of aromatic nitrogens is 4. The number of thioether (sulfide) groups is 1. The Kier molecular flexibility index (Phi) is 4.92. The number of nitrogens with zero attached hydrogens (tertiary/aromatic N) is 3. The summed E-state index contributed by atoms with van der Waals surface area (Å²) < 4.78 is 5.89. The predicted octanol–water partition coefficient (Wildman–Crippen LogP) is 3.72. The van der Waals surface area contributed by atoms with Crippen molar-refractivity contribution in [2.24, 2.45) is 0 Å². The number of nitrogens with one attached hydrogen (secondary N) is 1. The molecule has 0 saturated heterocycles. The number of aromatic amines is 1. The molecular weight excluding hydrogens is 320 g/mol. The van der Waals surface area contributed by atoms with Crippen LogP contribution in [0.15, 0.2) is 54.2 Å². The first kappa shape index (κ1) is 14.9. The third kappa shape index (κ3) is 3.99. The average Bonchev–Trinajstić information content (AvgIpc) is 3.06. The Hall–Kier alpha value is -2.05. The third-order valence-electron chi connectivity index (χ3n) is 2.90. The van der Waals surface area contributed by atoms with Gasteiger partial charge in [0.1, 0.15) is 18.7 Å². The van der Waals surface area contributed by atoms with E-state index in [0.717, 1.165) is 22.0 Å². The largest absolute Gasteiger partial charge is 0.489 e. The lowest BCUT2D eigenvalue weighted by molar-refractivity contribution is 0.303. The number of ether oxygens (including phenoxy) is 1. The molecule has 0 spiro atoms. The molecule has 0 bridgehead atoms. The molecule has 0 fully saturated rings. The molecule has 3 aromatic rings. The molecule has 2 heterocycles. The average molecular weight is 333 g/mol. The van der Waals surface area contributed by atoms with Crippen molar-refractivity contribution in [1.29, 1.82) is 0 Å². The highest BCUT2D eigenvalue weighted by Gasteiger charge is 2.07. The molecule has 3 rings (SSSR count). The van der Waals surface area contributed by atoms with E-state index in [1.807, 2.05) is 30.3 Å². The van der Waals surface area contributed by atoms with Crippen molar-refractivity contribution in [3.63, 3.8) is 0 Å². The molecular formula is C15H13ClN4OS. The van der Waals surface area contributed by atoms with Crippen LogP contribution in [-0.4, -0.2) is 20.2 Å². The summed E-state index contributed by atoms with van der Waals surface area (Å²) >= 11 is 7.63. The molecule has 22 heavy (non-hydrogen) atoms. The Morgan fingerprint density at radius 2 is 2.23 bits per heavy atom. The summed E-state index contributed by atoms with van der Waals surface area (Å²) in [7, 11) is 0. The monoisotopic (exact) mass is 332 g/mol. The number of halogens is 1. The minimum Gasteiger partial charge on any atom is -0.489 e. The van der Waals surface area contributed by atoms with Gasteiger partial charge in [0, 0.05) is 34.3 Å². The molecule has 1 N–H and O–H groups in total. The lowest BCUT2D eigenvalue weighted by atomic mass is 10.2. The highest BCUT2D eigenvalue weighted by Crippen LogP contribution is 2.29.